The summed E-state index contributed by atoms with van der Waals surface area (Å²) in [4.78, 5) is 87.3. The Hall–Kier alpha value is -10.4. The number of phenolic OH excluding ortho intramolecular Hbond substituents is 3. The van der Waals surface area contributed by atoms with E-state index in [9.17, 15) is 42.7 Å². The molecule has 0 saturated carbocycles. The first-order chi connectivity index (χ1) is 47.6. The van der Waals surface area contributed by atoms with E-state index in [0.717, 1.165) is 81.7 Å². The van der Waals surface area contributed by atoms with Gasteiger partial charge < -0.3 is 54.5 Å². The van der Waals surface area contributed by atoms with Crippen molar-refractivity contribution in [2.75, 3.05) is 42.7 Å². The van der Waals surface area contributed by atoms with Gasteiger partial charge in [-0.1, -0.05) is 13.8 Å². The number of phenols is 3. The van der Waals surface area contributed by atoms with Crippen LogP contribution in [-0.4, -0.2) is 132 Å². The van der Waals surface area contributed by atoms with Crippen LogP contribution < -0.4 is 18.9 Å². The van der Waals surface area contributed by atoms with Gasteiger partial charge in [0.05, 0.1) is 28.4 Å². The number of halogens is 1. The zero-order valence-electron chi connectivity index (χ0n) is 63.8. The molecule has 554 valence electrons. The van der Waals surface area contributed by atoms with Crippen LogP contribution in [0.4, 0.5) is 4.39 Å². The molecule has 21 heteroatoms. The number of Topliss-reactive ketones (excluding diaryl/α,β-unsaturated/α-hetero) is 8. The van der Waals surface area contributed by atoms with E-state index in [1.165, 1.54) is 64.8 Å². The second-order valence-corrected chi connectivity index (χ2v) is 22.2. The predicted octanol–water partition coefficient (Wildman–Crippen LogP) is 16.2. The second-order valence-electron chi connectivity index (χ2n) is 22.2. The molecule has 19 nitrogen and oxygen atoms in total. The standard InChI is InChI=1S/4C10H12O2.C9H9FO.3C9H10O2.C2H6.CH5BO2.2CH4O/c4*1-7-4-9(8(2)11)6-10(5-7)12-3;1-6-3-8(7(2)11)5-9(10)4-6;3*1-6-3-8(7(2)10)5-9(11)4-6;1-2;1-2(3)4;2*1-2/h4*4-6H,1-3H3;3-5H,1-2H3;3*3-5,11H,1-2H3;1-2H3;3-4H,1H3;2*2H,1H3. The van der Waals surface area contributed by atoms with Crippen molar-refractivity contribution in [3.05, 3.63) is 240 Å². The lowest BCUT2D eigenvalue weighted by Gasteiger charge is -2.03. The third-order valence-corrected chi connectivity index (χ3v) is 12.6. The topological polar surface area (TPSA) is 315 Å². The summed E-state index contributed by atoms with van der Waals surface area (Å²) in [6.45, 7) is 32.4. The number of aromatic hydroxyl groups is 3. The van der Waals surface area contributed by atoms with E-state index in [1.807, 2.05) is 111 Å². The third-order valence-electron chi connectivity index (χ3n) is 12.6. The summed E-state index contributed by atoms with van der Waals surface area (Å²) in [5.41, 5.74) is 12.5. The molecule has 8 aromatic carbocycles. The van der Waals surface area contributed by atoms with Gasteiger partial charge in [-0.25, -0.2) is 4.39 Å². The van der Waals surface area contributed by atoms with Gasteiger partial charge in [0.2, 0.25) is 0 Å². The lowest BCUT2D eigenvalue weighted by atomic mass is 9.99. The van der Waals surface area contributed by atoms with Crippen LogP contribution in [0.1, 0.15) is 197 Å². The molecule has 0 saturated heterocycles. The highest BCUT2D eigenvalue weighted by Crippen LogP contribution is 2.22. The minimum atomic E-state index is -1.17. The largest absolute Gasteiger partial charge is 0.508 e. The quantitative estimate of drug-likeness (QED) is 0.0441. The van der Waals surface area contributed by atoms with Gasteiger partial charge in [0.15, 0.2) is 46.3 Å². The van der Waals surface area contributed by atoms with Gasteiger partial charge in [0, 0.05) is 58.7 Å². The molecular weight excluding hydrogens is 1310 g/mol. The monoisotopic (exact) mass is 1410 g/mol. The van der Waals surface area contributed by atoms with Crippen molar-refractivity contribution in [3.8, 4) is 40.2 Å². The van der Waals surface area contributed by atoms with Crippen LogP contribution in [0.5, 0.6) is 40.2 Å². The molecular formula is C81H106BFO19. The zero-order chi connectivity index (χ0) is 79.9. The highest BCUT2D eigenvalue weighted by atomic mass is 19.1. The molecule has 8 rings (SSSR count). The fourth-order valence-electron chi connectivity index (χ4n) is 8.11. The van der Waals surface area contributed by atoms with Gasteiger partial charge >= 0.3 is 7.12 Å². The number of ether oxygens (including phenoxy) is 4. The molecule has 0 spiro atoms. The van der Waals surface area contributed by atoms with Crippen LogP contribution in [0.3, 0.4) is 0 Å². The number of carbonyl (C=O) groups excluding carboxylic acids is 8. The van der Waals surface area contributed by atoms with Crippen LogP contribution in [0, 0.1) is 61.2 Å². The lowest BCUT2D eigenvalue weighted by Crippen LogP contribution is -2.00. The molecule has 7 N–H and O–H groups in total. The Bertz CT molecular complexity index is 3360. The van der Waals surface area contributed by atoms with Crippen LogP contribution in [0.2, 0.25) is 6.82 Å². The van der Waals surface area contributed by atoms with Crippen molar-refractivity contribution in [2.45, 2.75) is 131 Å². The average molecular weight is 1410 g/mol. The van der Waals surface area contributed by atoms with E-state index < -0.39 is 7.12 Å². The predicted molar refractivity (Wildman–Crippen MR) is 404 cm³/mol. The van der Waals surface area contributed by atoms with Crippen LogP contribution in [-0.2, 0) is 0 Å². The van der Waals surface area contributed by atoms with E-state index in [4.69, 9.17) is 54.5 Å². The van der Waals surface area contributed by atoms with Crippen LogP contribution in [0.25, 0.3) is 0 Å². The van der Waals surface area contributed by atoms with Gasteiger partial charge in [-0.05, 0) is 308 Å². The average Bonchev–Trinajstić information content (AvgIpc) is 1.04. The number of hydrogen-bond acceptors (Lipinski definition) is 19. The van der Waals surface area contributed by atoms with Crippen molar-refractivity contribution >= 4 is 53.4 Å². The Balaban J connectivity index is -0.000000528. The second kappa shape index (κ2) is 53.5. The van der Waals surface area contributed by atoms with E-state index in [1.54, 1.807) is 130 Å². The summed E-state index contributed by atoms with van der Waals surface area (Å²) in [7, 11) is 7.22. The van der Waals surface area contributed by atoms with Crippen molar-refractivity contribution in [2.24, 2.45) is 0 Å². The van der Waals surface area contributed by atoms with Crippen molar-refractivity contribution < 1.29 is 97.3 Å². The Morgan fingerprint density at radius 1 is 0.275 bits per heavy atom. The summed E-state index contributed by atoms with van der Waals surface area (Å²) in [5.74, 6) is 3.13. The number of carbonyl (C=O) groups is 8. The minimum absolute atomic E-state index is 0.0241. The number of methoxy groups -OCH3 is 4. The molecule has 8 aromatic rings. The van der Waals surface area contributed by atoms with Crippen LogP contribution >= 0.6 is 0 Å². The van der Waals surface area contributed by atoms with Crippen molar-refractivity contribution in [1.29, 1.82) is 0 Å². The highest BCUT2D eigenvalue weighted by molar-refractivity contribution is 6.39. The summed E-state index contributed by atoms with van der Waals surface area (Å²) < 4.78 is 32.8. The maximum absolute atomic E-state index is 12.6. The summed E-state index contributed by atoms with van der Waals surface area (Å²) >= 11 is 0. The fourth-order valence-corrected chi connectivity index (χ4v) is 8.11. The van der Waals surface area contributed by atoms with Gasteiger partial charge in [-0.15, -0.1) is 0 Å². The van der Waals surface area contributed by atoms with E-state index in [0.29, 0.717) is 44.5 Å². The minimum Gasteiger partial charge on any atom is -0.508 e. The van der Waals surface area contributed by atoms with Gasteiger partial charge in [-0.2, -0.15) is 0 Å². The molecule has 0 unspecified atom stereocenters. The summed E-state index contributed by atoms with van der Waals surface area (Å²) in [6, 6.07) is 40.8. The first-order valence-corrected chi connectivity index (χ1v) is 31.8. The Morgan fingerprint density at radius 2 is 0.412 bits per heavy atom. The maximum Gasteiger partial charge on any atom is 0.448 e. The number of benzene rings is 8. The Labute approximate surface area is 602 Å². The van der Waals surface area contributed by atoms with Gasteiger partial charge in [-0.3, -0.25) is 38.4 Å². The molecule has 0 atom stereocenters. The highest BCUT2D eigenvalue weighted by Gasteiger charge is 2.08. The normalized spacial score (nSPS) is 9.12. The van der Waals surface area contributed by atoms with Crippen molar-refractivity contribution in [1.82, 2.24) is 0 Å². The fraction of sp³-hybridized carbons (Fsp3) is 0.309. The molecule has 0 aliphatic carbocycles. The molecule has 0 aromatic heterocycles. The Kier molecular flexibility index (Phi) is 51.3. The van der Waals surface area contributed by atoms with Gasteiger partial charge in [0.25, 0.3) is 0 Å². The molecule has 0 aliphatic rings. The molecule has 0 bridgehead atoms. The molecule has 0 amide bonds. The number of hydrogen-bond donors (Lipinski definition) is 7. The van der Waals surface area contributed by atoms with Gasteiger partial charge in [0.1, 0.15) is 46.1 Å². The SMILES string of the molecule is CB(O)O.CC.CC(=O)c1cc(C)cc(F)c1.CC(=O)c1cc(C)cc(O)c1.CC(=O)c1cc(C)cc(O)c1.CC(=O)c1cc(C)cc(O)c1.CO.CO.COc1cc(C)cc(C(C)=O)c1.COc1cc(C)cc(C(C)=O)c1.COc1cc(C)cc(C(C)=O)c1.COc1cc(C)cc(C(C)=O)c1. The first-order valence-electron chi connectivity index (χ1n) is 31.8. The maximum atomic E-state index is 12.6. The first kappa shape index (κ1) is 97.9. The molecule has 0 heterocycles. The number of aliphatic hydroxyl groups is 2. The summed E-state index contributed by atoms with van der Waals surface area (Å²) in [5, 5.41) is 56.5. The van der Waals surface area contributed by atoms with Crippen LogP contribution in [0.15, 0.2) is 146 Å². The zero-order valence-corrected chi connectivity index (χ0v) is 63.8. The number of rotatable bonds is 12. The smallest absolute Gasteiger partial charge is 0.448 e. The molecule has 0 fully saturated rings. The third kappa shape index (κ3) is 44.5. The van der Waals surface area contributed by atoms with E-state index >= 15 is 0 Å². The number of aryl methyl sites for hydroxylation is 8. The lowest BCUT2D eigenvalue weighted by molar-refractivity contribution is 0.100. The number of aliphatic hydroxyl groups excluding tert-OH is 2. The molecule has 0 radical (unpaired) electrons. The molecule has 0 aliphatic heterocycles. The van der Waals surface area contributed by atoms with Crippen molar-refractivity contribution in [3.63, 3.8) is 0 Å². The van der Waals surface area contributed by atoms with E-state index in [-0.39, 0.29) is 69.3 Å². The summed E-state index contributed by atoms with van der Waals surface area (Å²) in [6.07, 6.45) is 0. The van der Waals surface area contributed by atoms with E-state index in [2.05, 4.69) is 0 Å². The number of ketones is 8. The molecule has 102 heavy (non-hydrogen) atoms. The Morgan fingerprint density at radius 3 is 0.549 bits per heavy atom.